The van der Waals surface area contributed by atoms with Crippen molar-refractivity contribution in [2.45, 2.75) is 6.92 Å². The van der Waals surface area contributed by atoms with E-state index in [0.717, 1.165) is 5.56 Å². The fourth-order valence-corrected chi connectivity index (χ4v) is 2.02. The van der Waals surface area contributed by atoms with E-state index < -0.39 is 0 Å². The van der Waals surface area contributed by atoms with Crippen molar-refractivity contribution in [3.8, 4) is 11.5 Å². The van der Waals surface area contributed by atoms with E-state index in [1.54, 1.807) is 26.3 Å². The van der Waals surface area contributed by atoms with Gasteiger partial charge in [-0.15, -0.1) is 0 Å². The second-order valence-electron chi connectivity index (χ2n) is 4.49. The second kappa shape index (κ2) is 7.09. The molecular weight excluding hydrogens is 306 g/mol. The van der Waals surface area contributed by atoms with Crippen LogP contribution in [0.5, 0.6) is 11.5 Å². The number of Topliss-reactive ketones (excluding diaryl/α,β-unsaturated/α-hetero) is 1. The van der Waals surface area contributed by atoms with Crippen LogP contribution in [0.2, 0.25) is 5.28 Å². The molecule has 0 saturated carbocycles. The molecule has 22 heavy (non-hydrogen) atoms. The molecule has 0 bridgehead atoms. The van der Waals surface area contributed by atoms with Crippen LogP contribution in [0.1, 0.15) is 15.9 Å². The monoisotopic (exact) mass is 321 g/mol. The van der Waals surface area contributed by atoms with E-state index in [1.165, 1.54) is 6.20 Å². The largest absolute Gasteiger partial charge is 0.497 e. The van der Waals surface area contributed by atoms with Crippen molar-refractivity contribution >= 4 is 23.2 Å². The number of benzene rings is 1. The molecule has 116 valence electrons. The van der Waals surface area contributed by atoms with Gasteiger partial charge in [-0.25, -0.2) is 4.98 Å². The molecule has 1 aromatic carbocycles. The van der Waals surface area contributed by atoms with Gasteiger partial charge in [-0.3, -0.25) is 4.79 Å². The Hall–Kier alpha value is -2.34. The number of methoxy groups -OCH3 is 1. The van der Waals surface area contributed by atoms with Gasteiger partial charge in [0.2, 0.25) is 11.1 Å². The number of hydrogen-bond donors (Lipinski definition) is 1. The number of nitrogens with zero attached hydrogens (tertiary/aromatic N) is 2. The summed E-state index contributed by atoms with van der Waals surface area (Å²) in [5.41, 5.74) is 1.41. The highest BCUT2D eigenvalue weighted by molar-refractivity contribution is 6.28. The summed E-state index contributed by atoms with van der Waals surface area (Å²) < 4.78 is 10.6. The number of aryl methyl sites for hydroxylation is 1. The number of hydrogen-bond acceptors (Lipinski definition) is 6. The fourth-order valence-electron chi connectivity index (χ4n) is 1.88. The van der Waals surface area contributed by atoms with Crippen molar-refractivity contribution in [2.24, 2.45) is 0 Å². The van der Waals surface area contributed by atoms with E-state index in [4.69, 9.17) is 21.1 Å². The minimum absolute atomic E-state index is 0.103. The number of anilines is 1. The molecule has 0 unspecified atom stereocenters. The average molecular weight is 322 g/mol. The number of nitrogens with one attached hydrogen (secondary N) is 1. The van der Waals surface area contributed by atoms with Gasteiger partial charge in [-0.1, -0.05) is 6.07 Å². The Kier molecular flexibility index (Phi) is 5.16. The summed E-state index contributed by atoms with van der Waals surface area (Å²) in [6.07, 6.45) is 1.42. The van der Waals surface area contributed by atoms with Crippen LogP contribution in [0.4, 0.5) is 5.82 Å². The summed E-state index contributed by atoms with van der Waals surface area (Å²) in [5.74, 6) is 1.25. The highest BCUT2D eigenvalue weighted by Crippen LogP contribution is 2.23. The van der Waals surface area contributed by atoms with E-state index in [-0.39, 0.29) is 17.7 Å². The molecule has 6 nitrogen and oxygen atoms in total. The third kappa shape index (κ3) is 3.65. The lowest BCUT2D eigenvalue weighted by atomic mass is 10.0. The molecule has 0 radical (unpaired) electrons. The maximum absolute atomic E-state index is 12.3. The number of aromatic nitrogens is 2. The number of ether oxygens (including phenoxy) is 2. The van der Waals surface area contributed by atoms with Crippen LogP contribution < -0.4 is 14.8 Å². The first-order chi connectivity index (χ1) is 10.5. The molecule has 1 heterocycles. The molecule has 2 rings (SSSR count). The zero-order valence-corrected chi connectivity index (χ0v) is 13.3. The predicted octanol–water partition coefficient (Wildman–Crippen LogP) is 2.75. The molecule has 0 amide bonds. The first-order valence-electron chi connectivity index (χ1n) is 6.56. The molecule has 0 spiro atoms. The Morgan fingerprint density at radius 2 is 2.18 bits per heavy atom. The Labute approximate surface area is 133 Å². The molecule has 0 aliphatic rings. The van der Waals surface area contributed by atoms with Crippen molar-refractivity contribution < 1.29 is 14.3 Å². The third-order valence-electron chi connectivity index (χ3n) is 3.07. The molecule has 0 saturated heterocycles. The number of halogens is 1. The lowest BCUT2D eigenvalue weighted by molar-refractivity contribution is 0.0920. The number of ketones is 1. The molecule has 1 aromatic heterocycles. The third-order valence-corrected chi connectivity index (χ3v) is 3.25. The van der Waals surface area contributed by atoms with Crippen LogP contribution in [0.25, 0.3) is 0 Å². The summed E-state index contributed by atoms with van der Waals surface area (Å²) in [6.45, 7) is 1.73. The van der Waals surface area contributed by atoms with Crippen LogP contribution in [-0.2, 0) is 0 Å². The number of carbonyl (C=O) groups is 1. The van der Waals surface area contributed by atoms with Gasteiger partial charge in [0.25, 0.3) is 0 Å². The molecular formula is C15H16ClN3O3. The van der Waals surface area contributed by atoms with Crippen LogP contribution in [0.3, 0.4) is 0 Å². The van der Waals surface area contributed by atoms with Crippen LogP contribution in [0.15, 0.2) is 24.4 Å². The van der Waals surface area contributed by atoms with Gasteiger partial charge < -0.3 is 14.8 Å². The Bertz CT molecular complexity index is 692. The number of carbonyl (C=O) groups excluding carboxylic acids is 1. The molecule has 0 aliphatic heterocycles. The summed E-state index contributed by atoms with van der Waals surface area (Å²) in [6, 6.07) is 5.33. The Morgan fingerprint density at radius 1 is 1.41 bits per heavy atom. The van der Waals surface area contributed by atoms with E-state index in [1.807, 2.05) is 13.0 Å². The van der Waals surface area contributed by atoms with Crippen LogP contribution in [0, 0.1) is 6.92 Å². The predicted molar refractivity (Wildman–Crippen MR) is 84.1 cm³/mol. The highest BCUT2D eigenvalue weighted by atomic mass is 35.5. The van der Waals surface area contributed by atoms with Gasteiger partial charge in [0.05, 0.1) is 13.3 Å². The van der Waals surface area contributed by atoms with Crippen molar-refractivity contribution in [3.05, 3.63) is 40.8 Å². The van der Waals surface area contributed by atoms with Gasteiger partial charge in [0.15, 0.2) is 18.2 Å². The summed E-state index contributed by atoms with van der Waals surface area (Å²) in [7, 11) is 3.24. The summed E-state index contributed by atoms with van der Waals surface area (Å²) in [5, 5.41) is 2.94. The lowest BCUT2D eigenvalue weighted by Crippen LogP contribution is -2.14. The zero-order valence-electron chi connectivity index (χ0n) is 12.5. The molecule has 0 fully saturated rings. The van der Waals surface area contributed by atoms with Crippen molar-refractivity contribution in [3.63, 3.8) is 0 Å². The average Bonchev–Trinajstić information content (AvgIpc) is 2.53. The maximum Gasteiger partial charge on any atom is 0.224 e. The van der Waals surface area contributed by atoms with E-state index in [2.05, 4.69) is 15.3 Å². The quantitative estimate of drug-likeness (QED) is 0.651. The molecule has 7 heteroatoms. The maximum atomic E-state index is 12.3. The summed E-state index contributed by atoms with van der Waals surface area (Å²) >= 11 is 5.71. The van der Waals surface area contributed by atoms with Crippen molar-refractivity contribution in [1.82, 2.24) is 9.97 Å². The molecule has 1 N–H and O–H groups in total. The van der Waals surface area contributed by atoms with Gasteiger partial charge >= 0.3 is 0 Å². The lowest BCUT2D eigenvalue weighted by Gasteiger charge is -2.11. The first-order valence-corrected chi connectivity index (χ1v) is 6.94. The van der Waals surface area contributed by atoms with E-state index in [0.29, 0.717) is 22.9 Å². The van der Waals surface area contributed by atoms with Gasteiger partial charge in [-0.05, 0) is 36.2 Å². The number of rotatable bonds is 6. The molecule has 2 aromatic rings. The zero-order chi connectivity index (χ0) is 16.1. The fraction of sp³-hybridized carbons (Fsp3) is 0.267. The second-order valence-corrected chi connectivity index (χ2v) is 4.83. The standard InChI is InChI=1S/C15H16ClN3O3/c1-9-4-5-10(21-3)6-11(9)12(20)8-22-13-7-18-15(16)19-14(13)17-2/h4-7H,8H2,1-3H3,(H,17,18,19). The van der Waals surface area contributed by atoms with E-state index >= 15 is 0 Å². The SMILES string of the molecule is CNc1nc(Cl)ncc1OCC(=O)c1cc(OC)ccc1C. The Balaban J connectivity index is 2.13. The van der Waals surface area contributed by atoms with Gasteiger partial charge in [0, 0.05) is 12.6 Å². The van der Waals surface area contributed by atoms with E-state index in [9.17, 15) is 4.79 Å². The highest BCUT2D eigenvalue weighted by Gasteiger charge is 2.13. The Morgan fingerprint density at radius 3 is 2.86 bits per heavy atom. The van der Waals surface area contributed by atoms with Crippen molar-refractivity contribution in [2.75, 3.05) is 26.1 Å². The molecule has 0 atom stereocenters. The normalized spacial score (nSPS) is 10.2. The van der Waals surface area contributed by atoms with Crippen LogP contribution >= 0.6 is 11.6 Å². The smallest absolute Gasteiger partial charge is 0.224 e. The van der Waals surface area contributed by atoms with Gasteiger partial charge in [0.1, 0.15) is 5.75 Å². The van der Waals surface area contributed by atoms with Crippen LogP contribution in [-0.4, -0.2) is 36.5 Å². The summed E-state index contributed by atoms with van der Waals surface area (Å²) in [4.78, 5) is 20.1. The molecule has 0 aliphatic carbocycles. The van der Waals surface area contributed by atoms with Gasteiger partial charge in [-0.2, -0.15) is 4.98 Å². The minimum Gasteiger partial charge on any atom is -0.497 e. The minimum atomic E-state index is -0.159. The first kappa shape index (κ1) is 16.0. The van der Waals surface area contributed by atoms with Crippen molar-refractivity contribution in [1.29, 1.82) is 0 Å². The topological polar surface area (TPSA) is 73.3 Å².